The number of hydrogen-bond acceptors (Lipinski definition) is 7. The highest BCUT2D eigenvalue weighted by Crippen LogP contribution is 2.30. The minimum Gasteiger partial charge on any atom is -0.508 e. The summed E-state index contributed by atoms with van der Waals surface area (Å²) in [5.41, 5.74) is 3.58. The molecule has 1 fully saturated rings. The highest BCUT2D eigenvalue weighted by Gasteiger charge is 2.30. The molecule has 3 heterocycles. The molecule has 0 unspecified atom stereocenters. The Morgan fingerprint density at radius 2 is 1.50 bits per heavy atom. The van der Waals surface area contributed by atoms with Crippen LogP contribution in [0.5, 0.6) is 5.75 Å². The number of imidazole rings is 1. The molecule has 8 nitrogen and oxygen atoms in total. The Bertz CT molecular complexity index is 1660. The predicted octanol–water partition coefficient (Wildman–Crippen LogP) is 6.33. The number of halogens is 3. The van der Waals surface area contributed by atoms with Gasteiger partial charge in [0.2, 0.25) is 5.95 Å². The number of aromatic nitrogens is 4. The van der Waals surface area contributed by atoms with E-state index in [-0.39, 0.29) is 11.8 Å². The summed E-state index contributed by atoms with van der Waals surface area (Å²) >= 11 is 0. The molecule has 0 spiro atoms. The van der Waals surface area contributed by atoms with Gasteiger partial charge in [-0.1, -0.05) is 54.6 Å². The number of anilines is 2. The van der Waals surface area contributed by atoms with E-state index < -0.39 is 11.7 Å². The predicted molar refractivity (Wildman–Crippen MR) is 165 cm³/mol. The molecule has 3 N–H and O–H groups in total. The molecule has 0 saturated carbocycles. The van der Waals surface area contributed by atoms with Crippen LogP contribution < -0.4 is 10.6 Å². The van der Waals surface area contributed by atoms with Crippen LogP contribution in [0.1, 0.15) is 35.1 Å². The number of piperidine rings is 1. The summed E-state index contributed by atoms with van der Waals surface area (Å²) in [6.07, 6.45) is -0.132. The van der Waals surface area contributed by atoms with Gasteiger partial charge in [-0.2, -0.15) is 23.1 Å². The second-order valence-electron chi connectivity index (χ2n) is 11.2. The monoisotopic (exact) mass is 601 g/mol. The second-order valence-corrected chi connectivity index (χ2v) is 11.2. The lowest BCUT2D eigenvalue weighted by atomic mass is 10.0. The van der Waals surface area contributed by atoms with Gasteiger partial charge in [0.25, 0.3) is 0 Å². The van der Waals surface area contributed by atoms with Crippen LogP contribution in [0.4, 0.5) is 24.9 Å². The molecular weight excluding hydrogens is 567 g/mol. The van der Waals surface area contributed by atoms with Crippen molar-refractivity contribution in [3.8, 4) is 5.75 Å². The summed E-state index contributed by atoms with van der Waals surface area (Å²) in [6.45, 7) is 3.74. The largest absolute Gasteiger partial charge is 0.508 e. The smallest absolute Gasteiger partial charge is 0.416 e. The first-order chi connectivity index (χ1) is 21.3. The fraction of sp³-hybridized carbons (Fsp3) is 0.303. The lowest BCUT2D eigenvalue weighted by Crippen LogP contribution is -2.39. The van der Waals surface area contributed by atoms with Crippen molar-refractivity contribution in [1.82, 2.24) is 24.4 Å². The van der Waals surface area contributed by atoms with Crippen LogP contribution >= 0.6 is 0 Å². The van der Waals surface area contributed by atoms with E-state index in [4.69, 9.17) is 9.97 Å². The van der Waals surface area contributed by atoms with Crippen LogP contribution in [0.25, 0.3) is 11.2 Å². The van der Waals surface area contributed by atoms with E-state index in [2.05, 4.69) is 44.8 Å². The van der Waals surface area contributed by atoms with E-state index in [1.165, 1.54) is 17.7 Å². The lowest BCUT2D eigenvalue weighted by Gasteiger charge is -2.32. The Balaban J connectivity index is 1.19. The molecule has 1 saturated heterocycles. The van der Waals surface area contributed by atoms with Gasteiger partial charge in [-0.15, -0.1) is 0 Å². The first-order valence-electron chi connectivity index (χ1n) is 14.7. The number of alkyl halides is 3. The number of aromatic hydroxyl groups is 1. The molecule has 3 aromatic carbocycles. The van der Waals surface area contributed by atoms with Gasteiger partial charge in [0.05, 0.1) is 18.4 Å². The summed E-state index contributed by atoms with van der Waals surface area (Å²) in [4.78, 5) is 16.6. The van der Waals surface area contributed by atoms with Crippen LogP contribution in [0, 0.1) is 0 Å². The van der Waals surface area contributed by atoms with Crippen LogP contribution in [-0.2, 0) is 25.7 Å². The fourth-order valence-electron chi connectivity index (χ4n) is 5.49. The van der Waals surface area contributed by atoms with Crippen molar-refractivity contribution in [2.24, 2.45) is 0 Å². The highest BCUT2D eigenvalue weighted by molar-refractivity contribution is 5.84. The first-order valence-corrected chi connectivity index (χ1v) is 14.7. The van der Waals surface area contributed by atoms with Gasteiger partial charge in [-0.25, -0.2) is 4.98 Å². The Labute approximate surface area is 253 Å². The molecule has 228 valence electrons. The fourth-order valence-corrected chi connectivity index (χ4v) is 5.49. The third-order valence-corrected chi connectivity index (χ3v) is 7.91. The number of phenolic OH excluding ortho intramolecular Hbond substituents is 1. The molecule has 1 aliphatic rings. The quantitative estimate of drug-likeness (QED) is 0.172. The van der Waals surface area contributed by atoms with Crippen molar-refractivity contribution in [3.05, 3.63) is 107 Å². The summed E-state index contributed by atoms with van der Waals surface area (Å²) in [5.74, 6) is 1.30. The average molecular weight is 602 g/mol. The summed E-state index contributed by atoms with van der Waals surface area (Å²) < 4.78 is 41.1. The van der Waals surface area contributed by atoms with Crippen LogP contribution in [0.3, 0.4) is 0 Å². The summed E-state index contributed by atoms with van der Waals surface area (Å²) in [7, 11) is 0. The molecule has 0 amide bonds. The van der Waals surface area contributed by atoms with E-state index in [9.17, 15) is 18.3 Å². The van der Waals surface area contributed by atoms with E-state index in [0.29, 0.717) is 48.0 Å². The second kappa shape index (κ2) is 12.9. The first kappa shape index (κ1) is 29.4. The van der Waals surface area contributed by atoms with E-state index >= 15 is 0 Å². The van der Waals surface area contributed by atoms with Gasteiger partial charge in [-0.05, 0) is 60.2 Å². The van der Waals surface area contributed by atoms with Crippen molar-refractivity contribution >= 4 is 22.9 Å². The molecule has 0 atom stereocenters. The molecule has 44 heavy (non-hydrogen) atoms. The number of likely N-dealkylation sites (tertiary alicyclic amines) is 1. The SMILES string of the molecule is Oc1ccc(CCNc2nc(NC3CCN(Cc4ccccc4)CC3)nc3c2ncn3Cc2ccc(C(F)(F)F)cc2)cc1. The number of nitrogens with zero attached hydrogens (tertiary/aromatic N) is 5. The van der Waals surface area contributed by atoms with Gasteiger partial charge in [0, 0.05) is 32.2 Å². The maximum atomic E-state index is 13.1. The topological polar surface area (TPSA) is 91.1 Å². The Hall–Kier alpha value is -4.64. The normalized spacial score (nSPS) is 14.6. The van der Waals surface area contributed by atoms with Crippen molar-refractivity contribution in [2.45, 2.75) is 44.6 Å². The molecule has 0 aliphatic carbocycles. The number of fused-ring (bicyclic) bond motifs is 1. The van der Waals surface area contributed by atoms with E-state index in [1.54, 1.807) is 18.5 Å². The maximum absolute atomic E-state index is 13.1. The van der Waals surface area contributed by atoms with Gasteiger partial charge >= 0.3 is 6.18 Å². The summed E-state index contributed by atoms with van der Waals surface area (Å²) in [5, 5.41) is 16.5. The molecule has 0 bridgehead atoms. The van der Waals surface area contributed by atoms with Crippen molar-refractivity contribution in [2.75, 3.05) is 30.3 Å². The zero-order valence-corrected chi connectivity index (χ0v) is 24.1. The van der Waals surface area contributed by atoms with Gasteiger partial charge < -0.3 is 20.3 Å². The molecule has 11 heteroatoms. The molecule has 6 rings (SSSR count). The maximum Gasteiger partial charge on any atom is 0.416 e. The average Bonchev–Trinajstić information content (AvgIpc) is 3.42. The van der Waals surface area contributed by atoms with Gasteiger partial charge in [0.15, 0.2) is 17.0 Å². The minimum atomic E-state index is -4.38. The van der Waals surface area contributed by atoms with Crippen molar-refractivity contribution in [3.63, 3.8) is 0 Å². The van der Waals surface area contributed by atoms with Crippen LogP contribution in [0.15, 0.2) is 85.2 Å². The zero-order chi connectivity index (χ0) is 30.5. The lowest BCUT2D eigenvalue weighted by molar-refractivity contribution is -0.137. The van der Waals surface area contributed by atoms with Gasteiger partial charge in [-0.3, -0.25) is 4.90 Å². The van der Waals surface area contributed by atoms with Crippen LogP contribution in [-0.4, -0.2) is 55.2 Å². The Morgan fingerprint density at radius 1 is 0.818 bits per heavy atom. The third-order valence-electron chi connectivity index (χ3n) is 7.91. The number of rotatable bonds is 10. The van der Waals surface area contributed by atoms with Crippen molar-refractivity contribution < 1.29 is 18.3 Å². The number of phenols is 1. The van der Waals surface area contributed by atoms with E-state index in [0.717, 1.165) is 50.2 Å². The standard InChI is InChI=1S/C33H34F3N7O/c34-33(35,36)26-10-6-25(7-11-26)21-43-22-38-29-30(37-17-14-23-8-12-28(44)13-9-23)40-32(41-31(29)43)39-27-15-18-42(19-16-27)20-24-4-2-1-3-5-24/h1-13,22,27,44H,14-21H2,(H2,37,39,40,41). The van der Waals surface area contributed by atoms with Gasteiger partial charge in [0.1, 0.15) is 5.75 Å². The number of hydrogen-bond donors (Lipinski definition) is 3. The summed E-state index contributed by atoms with van der Waals surface area (Å²) in [6, 6.07) is 22.9. The Morgan fingerprint density at radius 3 is 2.20 bits per heavy atom. The Kier molecular flexibility index (Phi) is 8.65. The molecule has 5 aromatic rings. The minimum absolute atomic E-state index is 0.204. The highest BCUT2D eigenvalue weighted by atomic mass is 19.4. The zero-order valence-electron chi connectivity index (χ0n) is 24.1. The molecule has 1 aliphatic heterocycles. The van der Waals surface area contributed by atoms with Crippen LogP contribution in [0.2, 0.25) is 0 Å². The number of benzene rings is 3. The molecule has 0 radical (unpaired) electrons. The van der Waals surface area contributed by atoms with E-state index in [1.807, 2.05) is 22.8 Å². The third kappa shape index (κ3) is 7.28. The van der Waals surface area contributed by atoms with Crippen molar-refractivity contribution in [1.29, 1.82) is 0 Å². The molecule has 2 aromatic heterocycles. The molecular formula is C33H34F3N7O. The number of nitrogens with one attached hydrogen (secondary N) is 2.